The second kappa shape index (κ2) is 8.95. The lowest BCUT2D eigenvalue weighted by Gasteiger charge is -2.30. The first-order valence-electron chi connectivity index (χ1n) is 8.51. The molecule has 0 aromatic heterocycles. The van der Waals surface area contributed by atoms with Gasteiger partial charge in [-0.3, -0.25) is 14.9 Å². The van der Waals surface area contributed by atoms with Crippen molar-refractivity contribution in [3.05, 3.63) is 72.6 Å². The molecule has 0 amide bonds. The number of esters is 1. The third-order valence-corrected chi connectivity index (χ3v) is 4.29. The number of carbonyl (C=O) groups is 2. The van der Waals surface area contributed by atoms with Gasteiger partial charge in [-0.2, -0.15) is 0 Å². The average molecular weight is 405 g/mol. The monoisotopic (exact) mass is 405 g/mol. The number of dihydropyridines is 1. The van der Waals surface area contributed by atoms with Crippen molar-refractivity contribution in [1.82, 2.24) is 5.32 Å². The van der Waals surface area contributed by atoms with Gasteiger partial charge in [0.05, 0.1) is 10.5 Å². The van der Waals surface area contributed by atoms with E-state index < -0.39 is 28.5 Å². The van der Waals surface area contributed by atoms with Crippen molar-refractivity contribution >= 4 is 17.4 Å². The zero-order valence-corrected chi connectivity index (χ0v) is 16.0. The predicted octanol–water partition coefficient (Wildman–Crippen LogP) is 2.17. The van der Waals surface area contributed by atoms with Crippen LogP contribution in [0.1, 0.15) is 32.3 Å². The van der Waals surface area contributed by atoms with Gasteiger partial charge in [-0.1, -0.05) is 12.1 Å². The molecule has 1 unspecified atom stereocenters. The van der Waals surface area contributed by atoms with Gasteiger partial charge < -0.3 is 14.9 Å². The molecule has 1 aromatic carbocycles. The molecular weight excluding hydrogens is 386 g/mol. The zero-order chi connectivity index (χ0) is 21.7. The summed E-state index contributed by atoms with van der Waals surface area (Å²) in [5, 5.41) is 23.3. The summed E-state index contributed by atoms with van der Waals surface area (Å²) < 4.78 is 5.06. The van der Waals surface area contributed by atoms with Crippen molar-refractivity contribution in [3.8, 4) is 0 Å². The second-order valence-corrected chi connectivity index (χ2v) is 6.24. The lowest BCUT2D eigenvalue weighted by molar-refractivity contribution is -0.757. The first kappa shape index (κ1) is 21.5. The summed E-state index contributed by atoms with van der Waals surface area (Å²) in [6.07, 6.45) is 0. The first-order chi connectivity index (χ1) is 13.6. The van der Waals surface area contributed by atoms with Crippen LogP contribution in [-0.2, 0) is 19.2 Å². The fraction of sp³-hybridized carbons (Fsp3) is 0.333. The number of nitrogens with one attached hydrogen (secondary N) is 1. The molecule has 11 nitrogen and oxygen atoms in total. The van der Waals surface area contributed by atoms with Crippen LogP contribution >= 0.6 is 0 Å². The maximum atomic E-state index is 12.7. The maximum absolute atomic E-state index is 12.7. The van der Waals surface area contributed by atoms with Crippen LogP contribution in [0.25, 0.3) is 0 Å². The molecule has 1 aromatic rings. The number of nitrogens with zero attached hydrogens (tertiary/aromatic N) is 2. The van der Waals surface area contributed by atoms with Gasteiger partial charge >= 0.3 is 5.97 Å². The molecule has 29 heavy (non-hydrogen) atoms. The number of benzene rings is 1. The van der Waals surface area contributed by atoms with Crippen LogP contribution in [0.3, 0.4) is 0 Å². The number of nitro groups is 1. The van der Waals surface area contributed by atoms with Crippen molar-refractivity contribution in [2.24, 2.45) is 0 Å². The molecular formula is C18H19N3O8. The lowest BCUT2D eigenvalue weighted by atomic mass is 9.79. The van der Waals surface area contributed by atoms with Gasteiger partial charge in [0.2, 0.25) is 0 Å². The summed E-state index contributed by atoms with van der Waals surface area (Å²) in [5.74, 6) is -2.02. The Morgan fingerprint density at radius 2 is 1.76 bits per heavy atom. The van der Waals surface area contributed by atoms with E-state index in [2.05, 4.69) is 10.2 Å². The molecule has 0 spiro atoms. The number of rotatable bonds is 8. The molecule has 1 N–H and O–H groups in total. The van der Waals surface area contributed by atoms with Gasteiger partial charge in [0.25, 0.3) is 10.8 Å². The Balaban J connectivity index is 2.46. The summed E-state index contributed by atoms with van der Waals surface area (Å²) in [7, 11) is 0. The largest absolute Gasteiger partial charge is 0.460 e. The summed E-state index contributed by atoms with van der Waals surface area (Å²) in [6.45, 7) is 3.77. The maximum Gasteiger partial charge on any atom is 0.336 e. The van der Waals surface area contributed by atoms with Crippen molar-refractivity contribution in [2.75, 3.05) is 13.2 Å². The molecule has 0 fully saturated rings. The third kappa shape index (κ3) is 4.94. The highest BCUT2D eigenvalue weighted by atomic mass is 17.0. The topological polar surface area (TPSA) is 151 Å². The highest BCUT2D eigenvalue weighted by molar-refractivity contribution is 6.02. The molecule has 0 bridgehead atoms. The van der Waals surface area contributed by atoms with E-state index in [1.165, 1.54) is 25.1 Å². The predicted molar refractivity (Wildman–Crippen MR) is 99.0 cm³/mol. The molecule has 1 atom stereocenters. The Morgan fingerprint density at radius 3 is 2.34 bits per heavy atom. The molecule has 0 aliphatic carbocycles. The van der Waals surface area contributed by atoms with E-state index in [9.17, 15) is 29.8 Å². The minimum absolute atomic E-state index is 0.0856. The number of carbonyl (C=O) groups excluding carboxylic acids is 2. The van der Waals surface area contributed by atoms with E-state index >= 15 is 0 Å². The van der Waals surface area contributed by atoms with Crippen molar-refractivity contribution in [1.29, 1.82) is 0 Å². The number of hydrogen-bond donors (Lipinski definition) is 1. The van der Waals surface area contributed by atoms with Gasteiger partial charge in [-0.05, 0) is 26.3 Å². The van der Waals surface area contributed by atoms with Gasteiger partial charge in [0, 0.05) is 35.0 Å². The van der Waals surface area contributed by atoms with Gasteiger partial charge in [-0.25, -0.2) is 4.79 Å². The highest BCUT2D eigenvalue weighted by Crippen LogP contribution is 2.39. The second-order valence-electron chi connectivity index (χ2n) is 6.24. The number of ether oxygens (including phenoxy) is 1. The van der Waals surface area contributed by atoms with Gasteiger partial charge in [0.1, 0.15) is 13.2 Å². The van der Waals surface area contributed by atoms with E-state index in [0.717, 1.165) is 0 Å². The number of Topliss-reactive ketones (excluding diaryl/α,β-unsaturated/α-hetero) is 1. The highest BCUT2D eigenvalue weighted by Gasteiger charge is 2.36. The third-order valence-electron chi connectivity index (χ3n) is 4.29. The average Bonchev–Trinajstić information content (AvgIpc) is 2.64. The number of non-ortho nitro benzene ring substituents is 1. The minimum atomic E-state index is -1.01. The fourth-order valence-corrected chi connectivity index (χ4v) is 3.21. The number of hydrogen-bond acceptors (Lipinski definition) is 9. The number of ketones is 1. The number of allylic oxidation sites excluding steroid dienone is 3. The summed E-state index contributed by atoms with van der Waals surface area (Å²) in [6, 6.07) is 5.64. The Labute approximate surface area is 165 Å². The quantitative estimate of drug-likeness (QED) is 0.297. The van der Waals surface area contributed by atoms with Crippen LogP contribution < -0.4 is 5.32 Å². The van der Waals surface area contributed by atoms with E-state index in [1.807, 2.05) is 0 Å². The molecule has 11 heteroatoms. The first-order valence-corrected chi connectivity index (χ1v) is 8.51. The zero-order valence-electron chi connectivity index (χ0n) is 16.0. The van der Waals surface area contributed by atoms with Crippen LogP contribution in [0.2, 0.25) is 0 Å². The molecule has 0 saturated carbocycles. The SMILES string of the molecule is CC(=O)C1=C(C)NC(C)=C(C(=O)OCCO[N+](=O)[O-])C1c1cccc([N+](=O)[O-])c1. The Bertz CT molecular complexity index is 935. The van der Waals surface area contributed by atoms with E-state index in [0.29, 0.717) is 17.0 Å². The minimum Gasteiger partial charge on any atom is -0.460 e. The Morgan fingerprint density at radius 1 is 1.10 bits per heavy atom. The summed E-state index contributed by atoms with van der Waals surface area (Å²) in [5.41, 5.74) is 1.46. The van der Waals surface area contributed by atoms with Crippen molar-refractivity contribution in [3.63, 3.8) is 0 Å². The van der Waals surface area contributed by atoms with Crippen molar-refractivity contribution in [2.45, 2.75) is 26.7 Å². The smallest absolute Gasteiger partial charge is 0.336 e. The molecule has 0 radical (unpaired) electrons. The van der Waals surface area contributed by atoms with E-state index in [-0.39, 0.29) is 29.2 Å². The van der Waals surface area contributed by atoms with Gasteiger partial charge in [0.15, 0.2) is 5.78 Å². The van der Waals surface area contributed by atoms with Crippen LogP contribution in [0.5, 0.6) is 0 Å². The molecule has 1 aliphatic rings. The van der Waals surface area contributed by atoms with Crippen LogP contribution in [0, 0.1) is 20.2 Å². The summed E-state index contributed by atoms with van der Waals surface area (Å²) >= 11 is 0. The molecule has 1 heterocycles. The van der Waals surface area contributed by atoms with Crippen molar-refractivity contribution < 1.29 is 29.2 Å². The summed E-state index contributed by atoms with van der Waals surface area (Å²) in [4.78, 5) is 49.9. The van der Waals surface area contributed by atoms with E-state index in [1.54, 1.807) is 19.9 Å². The van der Waals surface area contributed by atoms with Gasteiger partial charge in [-0.15, -0.1) is 10.1 Å². The Kier molecular flexibility index (Phi) is 6.65. The standard InChI is InChI=1S/C18H19N3O8/c1-10-15(12(3)22)17(13-5-4-6-14(9-13)20(24)25)16(11(2)19-10)18(23)28-7-8-29-21(26)27/h4-6,9,17,19H,7-8H2,1-3H3. The van der Waals surface area contributed by atoms with Crippen LogP contribution in [0.4, 0.5) is 5.69 Å². The fourth-order valence-electron chi connectivity index (χ4n) is 3.21. The lowest BCUT2D eigenvalue weighted by Crippen LogP contribution is -2.31. The molecule has 2 rings (SSSR count). The Hall–Kier alpha value is -3.76. The number of nitro benzene ring substituents is 1. The molecule has 0 saturated heterocycles. The molecule has 154 valence electrons. The van der Waals surface area contributed by atoms with Crippen LogP contribution in [0.15, 0.2) is 46.8 Å². The van der Waals surface area contributed by atoms with Crippen LogP contribution in [-0.4, -0.2) is 35.0 Å². The normalized spacial score (nSPS) is 16.2. The molecule has 1 aliphatic heterocycles. The van der Waals surface area contributed by atoms with E-state index in [4.69, 9.17) is 4.74 Å².